The summed E-state index contributed by atoms with van der Waals surface area (Å²) in [6.45, 7) is 8.60. The van der Waals surface area contributed by atoms with Crippen molar-refractivity contribution >= 4 is 11.4 Å². The lowest BCUT2D eigenvalue weighted by Gasteiger charge is -2.59. The molecule has 2 saturated heterocycles. The number of benzene rings is 1. The van der Waals surface area contributed by atoms with Gasteiger partial charge >= 0.3 is 0 Å². The molecule has 7 atom stereocenters. The summed E-state index contributed by atoms with van der Waals surface area (Å²) < 4.78 is 30.6. The number of hydrazone groups is 1. The van der Waals surface area contributed by atoms with Crippen molar-refractivity contribution in [2.75, 3.05) is 47.5 Å². The van der Waals surface area contributed by atoms with E-state index in [1.165, 1.54) is 16.8 Å². The molecule has 1 unspecified atom stereocenters. The summed E-state index contributed by atoms with van der Waals surface area (Å²) in [5, 5.41) is 11.6. The van der Waals surface area contributed by atoms with E-state index < -0.39 is 11.4 Å². The molecule has 3 saturated carbocycles. The maximum Gasteiger partial charge on any atom is 0.226 e. The third-order valence-electron chi connectivity index (χ3n) is 11.3. The molecule has 9 heteroatoms. The van der Waals surface area contributed by atoms with Crippen LogP contribution in [-0.4, -0.2) is 75.3 Å². The van der Waals surface area contributed by atoms with Crippen LogP contribution in [0.4, 0.5) is 0 Å². The number of ether oxygens (including phenoxy) is 5. The second kappa shape index (κ2) is 10.7. The zero-order chi connectivity index (χ0) is 29.9. The molecule has 6 aliphatic rings. The predicted molar refractivity (Wildman–Crippen MR) is 163 cm³/mol. The van der Waals surface area contributed by atoms with Gasteiger partial charge in [0.1, 0.15) is 30.3 Å². The van der Waals surface area contributed by atoms with Gasteiger partial charge in [-0.1, -0.05) is 48.3 Å². The van der Waals surface area contributed by atoms with E-state index in [1.807, 2.05) is 43.4 Å². The molecular formula is C34H45N3O6. The lowest BCUT2D eigenvalue weighted by molar-refractivity contribution is -0.242. The molecule has 0 N–H and O–H groups in total. The minimum absolute atomic E-state index is 0.139. The second-order valence-electron chi connectivity index (χ2n) is 13.8. The van der Waals surface area contributed by atoms with Gasteiger partial charge < -0.3 is 33.5 Å². The summed E-state index contributed by atoms with van der Waals surface area (Å²) in [7, 11) is 4.05. The van der Waals surface area contributed by atoms with Gasteiger partial charge in [0.2, 0.25) is 5.79 Å². The minimum Gasteiger partial charge on any atom is -0.490 e. The topological polar surface area (TPSA) is 83.3 Å². The number of aryl methyl sites for hydroxylation is 1. The Morgan fingerprint density at radius 3 is 2.60 bits per heavy atom. The highest BCUT2D eigenvalue weighted by Gasteiger charge is 2.76. The maximum absolute atomic E-state index is 6.62. The van der Waals surface area contributed by atoms with Crippen molar-refractivity contribution in [3.05, 3.63) is 53.6 Å². The molecule has 9 nitrogen and oxygen atoms in total. The first-order valence-electron chi connectivity index (χ1n) is 15.7. The SMILES string of the molecule is Cc1ccc(OCCO/N=C2\C=C[C@@]3(C)C(=C2)CC[C@@H]2[C@@H]3/C(=N/N(C)C)C[C@@]3(C)[C@H]2CC[C@@]32OCOC23COCO3)cc1. The first-order chi connectivity index (χ1) is 20.7. The highest BCUT2D eigenvalue weighted by Crippen LogP contribution is 2.70. The Morgan fingerprint density at radius 2 is 1.84 bits per heavy atom. The summed E-state index contributed by atoms with van der Waals surface area (Å²) in [5.74, 6) is 1.24. The molecule has 0 amide bonds. The van der Waals surface area contributed by atoms with Crippen molar-refractivity contribution in [3.63, 3.8) is 0 Å². The van der Waals surface area contributed by atoms with Gasteiger partial charge in [-0.25, -0.2) is 0 Å². The molecule has 0 radical (unpaired) electrons. The van der Waals surface area contributed by atoms with Gasteiger partial charge in [0.25, 0.3) is 0 Å². The molecule has 0 bridgehead atoms. The molecule has 5 fully saturated rings. The van der Waals surface area contributed by atoms with E-state index in [0.717, 1.165) is 43.6 Å². The van der Waals surface area contributed by atoms with Crippen LogP contribution in [0.15, 0.2) is 58.3 Å². The summed E-state index contributed by atoms with van der Waals surface area (Å²) in [6.07, 6.45) is 11.7. The molecule has 232 valence electrons. The van der Waals surface area contributed by atoms with Crippen LogP contribution in [0.3, 0.4) is 0 Å². The average molecular weight is 592 g/mol. The molecule has 7 rings (SSSR count). The first kappa shape index (κ1) is 29.0. The third-order valence-corrected chi connectivity index (χ3v) is 11.3. The highest BCUT2D eigenvalue weighted by atomic mass is 16.9. The summed E-state index contributed by atoms with van der Waals surface area (Å²) >= 11 is 0. The van der Waals surface area contributed by atoms with Gasteiger partial charge in [0.15, 0.2) is 20.2 Å². The van der Waals surface area contributed by atoms with Crippen molar-refractivity contribution in [1.29, 1.82) is 0 Å². The fourth-order valence-electron chi connectivity index (χ4n) is 9.41. The number of nitrogens with zero attached hydrogens (tertiary/aromatic N) is 3. The predicted octanol–water partition coefficient (Wildman–Crippen LogP) is 5.46. The van der Waals surface area contributed by atoms with Crippen molar-refractivity contribution in [2.24, 2.45) is 38.8 Å². The normalized spacial score (nSPS) is 41.4. The van der Waals surface area contributed by atoms with Gasteiger partial charge in [-0.15, -0.1) is 0 Å². The standard InChI is InChI=1S/C34H45N3O6/c1-23-6-9-26(10-7-23)39-16-17-43-36-25-12-14-31(2)24(18-25)8-11-27-28-13-15-33(34(42-22-40-33)20-38-21-41-34)32(28,3)19-29(30(27)31)35-37(4)5/h6-7,9-10,12,14,18,27-28,30H,8,11,13,15-17,19-22H2,1-5H3/b35-29+,36-25+/t27-,28-,30+,31-,32-,33+,34?/m0/s1. The molecule has 2 spiro atoms. The molecule has 2 heterocycles. The number of fused-ring (bicyclic) bond motifs is 7. The monoisotopic (exact) mass is 591 g/mol. The number of oxime groups is 1. The van der Waals surface area contributed by atoms with E-state index >= 15 is 0 Å². The Morgan fingerprint density at radius 1 is 1.02 bits per heavy atom. The molecule has 0 aromatic heterocycles. The van der Waals surface area contributed by atoms with Gasteiger partial charge in [0.05, 0.1) is 0 Å². The zero-order valence-electron chi connectivity index (χ0n) is 26.1. The largest absolute Gasteiger partial charge is 0.490 e. The molecule has 2 aliphatic heterocycles. The van der Waals surface area contributed by atoms with Crippen molar-refractivity contribution in [1.82, 2.24) is 5.01 Å². The molecule has 1 aromatic carbocycles. The van der Waals surface area contributed by atoms with Crippen molar-refractivity contribution in [2.45, 2.75) is 64.3 Å². The van der Waals surface area contributed by atoms with E-state index in [-0.39, 0.29) is 24.4 Å². The number of hydrogen-bond donors (Lipinski definition) is 0. The van der Waals surface area contributed by atoms with Crippen LogP contribution in [-0.2, 0) is 23.8 Å². The van der Waals surface area contributed by atoms with Gasteiger partial charge in [0, 0.05) is 36.6 Å². The molecule has 1 aromatic rings. The van der Waals surface area contributed by atoms with Gasteiger partial charge in [-0.3, -0.25) is 0 Å². The van der Waals surface area contributed by atoms with E-state index in [1.54, 1.807) is 0 Å². The van der Waals surface area contributed by atoms with Crippen LogP contribution in [0.2, 0.25) is 0 Å². The van der Waals surface area contributed by atoms with Crippen molar-refractivity contribution < 1.29 is 28.5 Å². The lowest BCUT2D eigenvalue weighted by atomic mass is 9.46. The Labute approximate surface area is 254 Å². The van der Waals surface area contributed by atoms with Crippen LogP contribution in [0.25, 0.3) is 0 Å². The van der Waals surface area contributed by atoms with Crippen molar-refractivity contribution in [3.8, 4) is 5.75 Å². The fraction of sp³-hybridized carbons (Fsp3) is 0.647. The molecule has 4 aliphatic carbocycles. The van der Waals surface area contributed by atoms with Crippen LogP contribution in [0, 0.1) is 35.5 Å². The van der Waals surface area contributed by atoms with Crippen LogP contribution in [0.5, 0.6) is 5.75 Å². The number of hydrogen-bond acceptors (Lipinski definition) is 9. The smallest absolute Gasteiger partial charge is 0.226 e. The first-order valence-corrected chi connectivity index (χ1v) is 15.7. The molecule has 43 heavy (non-hydrogen) atoms. The van der Waals surface area contributed by atoms with E-state index in [9.17, 15) is 0 Å². The summed E-state index contributed by atoms with van der Waals surface area (Å²) in [6, 6.07) is 8.03. The third kappa shape index (κ3) is 4.49. The number of rotatable bonds is 6. The average Bonchev–Trinajstić information content (AvgIpc) is 3.68. The minimum atomic E-state index is -0.836. The Hall–Kier alpha value is -2.72. The summed E-state index contributed by atoms with van der Waals surface area (Å²) in [5.41, 5.74) is 3.85. The van der Waals surface area contributed by atoms with Crippen LogP contribution < -0.4 is 4.74 Å². The lowest BCUT2D eigenvalue weighted by Crippen LogP contribution is -2.65. The highest BCUT2D eigenvalue weighted by molar-refractivity contribution is 6.06. The van der Waals surface area contributed by atoms with Crippen LogP contribution in [0.1, 0.15) is 51.5 Å². The van der Waals surface area contributed by atoms with E-state index in [2.05, 4.69) is 44.2 Å². The van der Waals surface area contributed by atoms with Gasteiger partial charge in [-0.2, -0.15) is 5.10 Å². The Kier molecular flexibility index (Phi) is 7.23. The summed E-state index contributed by atoms with van der Waals surface area (Å²) in [4.78, 5) is 5.67. The zero-order valence-corrected chi connectivity index (χ0v) is 26.1. The molecular weight excluding hydrogens is 546 g/mol. The quantitative estimate of drug-likeness (QED) is 0.321. The second-order valence-corrected chi connectivity index (χ2v) is 13.8. The number of allylic oxidation sites excluding steroid dienone is 4. The van der Waals surface area contributed by atoms with E-state index in [4.69, 9.17) is 33.6 Å². The maximum atomic E-state index is 6.62. The van der Waals surface area contributed by atoms with Crippen LogP contribution >= 0.6 is 0 Å². The Bertz CT molecular complexity index is 1340. The Balaban J connectivity index is 1.11. The fourth-order valence-corrected chi connectivity index (χ4v) is 9.41. The van der Waals surface area contributed by atoms with Gasteiger partial charge in [-0.05, 0) is 75.1 Å². The van der Waals surface area contributed by atoms with E-state index in [0.29, 0.717) is 37.6 Å².